The van der Waals surface area contributed by atoms with Gasteiger partial charge in [-0.1, -0.05) is 6.07 Å². The van der Waals surface area contributed by atoms with Crippen LogP contribution in [0.2, 0.25) is 0 Å². The summed E-state index contributed by atoms with van der Waals surface area (Å²) >= 11 is 0. The first kappa shape index (κ1) is 18.8. The summed E-state index contributed by atoms with van der Waals surface area (Å²) in [6, 6.07) is 8.66. The second-order valence-electron chi connectivity index (χ2n) is 8.02. The fourth-order valence-corrected chi connectivity index (χ4v) is 4.86. The van der Waals surface area contributed by atoms with Gasteiger partial charge in [-0.3, -0.25) is 23.7 Å². The molecule has 5 rings (SSSR count). The number of pyridine rings is 1. The lowest BCUT2D eigenvalue weighted by molar-refractivity contribution is -0.127. The molecule has 2 aliphatic heterocycles. The summed E-state index contributed by atoms with van der Waals surface area (Å²) < 4.78 is 8.91. The van der Waals surface area contributed by atoms with Gasteiger partial charge in [-0.15, -0.1) is 0 Å². The van der Waals surface area contributed by atoms with Gasteiger partial charge in [0.05, 0.1) is 19.4 Å². The van der Waals surface area contributed by atoms with Crippen molar-refractivity contribution in [3.05, 3.63) is 71.1 Å². The minimum absolute atomic E-state index is 0.0673. The number of nitrogens with one attached hydrogen (secondary N) is 1. The standard InChI is InChI=1S/C21H24N6O3/c28-19-5-1-4-18-15-9-16(11-25(10-15)12-17-3-2-8-30-17)20(27(18)19)21(29)23-6-7-26-14-22-13-24-26/h1-5,8,13-16,20H,6-7,9-12H2,(H,23,29)/t15-,16+,20+/m0/s1. The highest BCUT2D eigenvalue weighted by molar-refractivity contribution is 5.81. The number of hydrogen-bond acceptors (Lipinski definition) is 6. The van der Waals surface area contributed by atoms with Crippen LogP contribution in [-0.4, -0.2) is 49.8 Å². The summed E-state index contributed by atoms with van der Waals surface area (Å²) in [6.07, 6.45) is 5.67. The molecule has 5 heterocycles. The van der Waals surface area contributed by atoms with E-state index in [1.165, 1.54) is 6.33 Å². The highest BCUT2D eigenvalue weighted by Crippen LogP contribution is 2.41. The van der Waals surface area contributed by atoms with Crippen LogP contribution in [0.4, 0.5) is 0 Å². The molecule has 1 fully saturated rings. The molecule has 0 radical (unpaired) electrons. The van der Waals surface area contributed by atoms with Gasteiger partial charge in [-0.05, 0) is 24.6 Å². The summed E-state index contributed by atoms with van der Waals surface area (Å²) in [5, 5.41) is 7.05. The Morgan fingerprint density at radius 2 is 2.17 bits per heavy atom. The normalized spacial score (nSPS) is 23.1. The molecule has 1 N–H and O–H groups in total. The Bertz CT molecular complexity index is 1060. The average molecular weight is 408 g/mol. The van der Waals surface area contributed by atoms with Gasteiger partial charge >= 0.3 is 0 Å². The van der Waals surface area contributed by atoms with Gasteiger partial charge in [0.2, 0.25) is 5.91 Å². The maximum absolute atomic E-state index is 13.2. The van der Waals surface area contributed by atoms with E-state index < -0.39 is 6.04 Å². The zero-order chi connectivity index (χ0) is 20.5. The lowest BCUT2D eigenvalue weighted by Gasteiger charge is -2.46. The maximum atomic E-state index is 13.2. The molecule has 3 aromatic heterocycles. The Hall–Kier alpha value is -3.20. The number of aromatic nitrogens is 4. The summed E-state index contributed by atoms with van der Waals surface area (Å²) in [5.74, 6) is 1.09. The summed E-state index contributed by atoms with van der Waals surface area (Å²) in [6.45, 7) is 3.27. The van der Waals surface area contributed by atoms with E-state index in [0.717, 1.165) is 31.0 Å². The first-order valence-electron chi connectivity index (χ1n) is 10.3. The van der Waals surface area contributed by atoms with Crippen molar-refractivity contribution in [1.82, 2.24) is 29.5 Å². The van der Waals surface area contributed by atoms with E-state index in [0.29, 0.717) is 19.6 Å². The zero-order valence-corrected chi connectivity index (χ0v) is 16.6. The third-order valence-electron chi connectivity index (χ3n) is 6.06. The minimum atomic E-state index is -0.514. The van der Waals surface area contributed by atoms with E-state index in [-0.39, 0.29) is 23.3 Å². The first-order chi connectivity index (χ1) is 14.7. The van der Waals surface area contributed by atoms with Crippen molar-refractivity contribution in [3.63, 3.8) is 0 Å². The number of carbonyl (C=O) groups excluding carboxylic acids is 1. The Balaban J connectivity index is 1.38. The van der Waals surface area contributed by atoms with Crippen molar-refractivity contribution in [2.45, 2.75) is 31.5 Å². The molecule has 30 heavy (non-hydrogen) atoms. The smallest absolute Gasteiger partial charge is 0.251 e. The van der Waals surface area contributed by atoms with Gasteiger partial charge < -0.3 is 9.73 Å². The topological polar surface area (TPSA) is 98.2 Å². The van der Waals surface area contributed by atoms with Crippen LogP contribution in [0, 0.1) is 5.92 Å². The second kappa shape index (κ2) is 7.91. The van der Waals surface area contributed by atoms with E-state index >= 15 is 0 Å². The summed E-state index contributed by atoms with van der Waals surface area (Å²) in [5.41, 5.74) is 0.831. The van der Waals surface area contributed by atoms with E-state index in [1.54, 1.807) is 34.0 Å². The van der Waals surface area contributed by atoms with Gasteiger partial charge in [0.25, 0.3) is 5.56 Å². The van der Waals surface area contributed by atoms with Crippen molar-refractivity contribution in [2.24, 2.45) is 5.92 Å². The molecule has 9 nitrogen and oxygen atoms in total. The number of rotatable bonds is 6. The van der Waals surface area contributed by atoms with Crippen molar-refractivity contribution in [1.29, 1.82) is 0 Å². The van der Waals surface area contributed by atoms with Crippen LogP contribution in [0.1, 0.15) is 29.8 Å². The number of furan rings is 1. The molecular weight excluding hydrogens is 384 g/mol. The molecule has 2 aliphatic rings. The highest BCUT2D eigenvalue weighted by atomic mass is 16.3. The number of piperidine rings is 1. The fraction of sp³-hybridized carbons (Fsp3) is 0.429. The first-order valence-corrected chi connectivity index (χ1v) is 10.3. The van der Waals surface area contributed by atoms with Gasteiger partial charge in [-0.25, -0.2) is 4.98 Å². The van der Waals surface area contributed by atoms with Crippen molar-refractivity contribution in [3.8, 4) is 0 Å². The van der Waals surface area contributed by atoms with E-state index in [9.17, 15) is 9.59 Å². The monoisotopic (exact) mass is 408 g/mol. The van der Waals surface area contributed by atoms with E-state index in [2.05, 4.69) is 20.3 Å². The number of likely N-dealkylation sites (tertiary alicyclic amines) is 1. The molecule has 9 heteroatoms. The molecule has 156 valence electrons. The number of carbonyl (C=O) groups is 1. The van der Waals surface area contributed by atoms with Crippen molar-refractivity contribution >= 4 is 5.91 Å². The number of nitrogens with zero attached hydrogens (tertiary/aromatic N) is 5. The molecule has 3 aromatic rings. The SMILES string of the molecule is O=C(NCCn1cncn1)[C@H]1[C@@H]2C[C@@H](CN(Cc3ccco3)C2)c2cccc(=O)n21. The van der Waals surface area contributed by atoms with Crippen LogP contribution in [0.25, 0.3) is 0 Å². The molecule has 0 spiro atoms. The fourth-order valence-electron chi connectivity index (χ4n) is 4.86. The van der Waals surface area contributed by atoms with Crippen molar-refractivity contribution < 1.29 is 9.21 Å². The molecule has 1 amide bonds. The third kappa shape index (κ3) is 3.56. The largest absolute Gasteiger partial charge is 0.468 e. The molecule has 3 atom stereocenters. The zero-order valence-electron chi connectivity index (χ0n) is 16.6. The summed E-state index contributed by atoms with van der Waals surface area (Å²) in [4.78, 5) is 32.2. The lowest BCUT2D eigenvalue weighted by Crippen LogP contribution is -2.53. The predicted molar refractivity (Wildman–Crippen MR) is 108 cm³/mol. The number of hydrogen-bond donors (Lipinski definition) is 1. The Kier molecular flexibility index (Phi) is 4.96. The molecule has 0 aromatic carbocycles. The molecule has 0 unspecified atom stereocenters. The van der Waals surface area contributed by atoms with Crippen LogP contribution < -0.4 is 10.9 Å². The van der Waals surface area contributed by atoms with E-state index in [4.69, 9.17) is 4.42 Å². The maximum Gasteiger partial charge on any atom is 0.251 e. The minimum Gasteiger partial charge on any atom is -0.468 e. The molecule has 1 saturated heterocycles. The van der Waals surface area contributed by atoms with Gasteiger partial charge in [0.1, 0.15) is 24.5 Å². The second-order valence-corrected chi connectivity index (χ2v) is 8.02. The quantitative estimate of drug-likeness (QED) is 0.654. The van der Waals surface area contributed by atoms with Gasteiger partial charge in [0, 0.05) is 43.2 Å². The number of amides is 1. The average Bonchev–Trinajstić information content (AvgIpc) is 3.43. The van der Waals surface area contributed by atoms with Crippen LogP contribution in [0.3, 0.4) is 0 Å². The Labute approximate surface area is 173 Å². The molecule has 2 bridgehead atoms. The van der Waals surface area contributed by atoms with Crippen LogP contribution in [0.5, 0.6) is 0 Å². The molecule has 0 aliphatic carbocycles. The highest BCUT2D eigenvalue weighted by Gasteiger charge is 2.43. The predicted octanol–water partition coefficient (Wildman–Crippen LogP) is 1.01. The van der Waals surface area contributed by atoms with Gasteiger partial charge in [0.15, 0.2) is 0 Å². The molecule has 0 saturated carbocycles. The van der Waals surface area contributed by atoms with Crippen molar-refractivity contribution in [2.75, 3.05) is 19.6 Å². The van der Waals surface area contributed by atoms with Gasteiger partial charge in [-0.2, -0.15) is 5.10 Å². The Morgan fingerprint density at radius 1 is 1.23 bits per heavy atom. The number of fused-ring (bicyclic) bond motifs is 4. The summed E-state index contributed by atoms with van der Waals surface area (Å²) in [7, 11) is 0. The van der Waals surface area contributed by atoms with E-state index in [1.807, 2.05) is 18.2 Å². The molecular formula is C21H24N6O3. The van der Waals surface area contributed by atoms with Crippen LogP contribution in [0.15, 0.2) is 58.5 Å². The lowest BCUT2D eigenvalue weighted by atomic mass is 9.78. The Morgan fingerprint density at radius 3 is 2.97 bits per heavy atom. The third-order valence-corrected chi connectivity index (χ3v) is 6.06. The van der Waals surface area contributed by atoms with Crippen LogP contribution in [-0.2, 0) is 17.9 Å². The van der Waals surface area contributed by atoms with Crippen LogP contribution >= 0.6 is 0 Å².